The summed E-state index contributed by atoms with van der Waals surface area (Å²) in [6.45, 7) is 2.01. The van der Waals surface area contributed by atoms with Crippen LogP contribution in [0, 0.1) is 15.3 Å². The molecule has 1 rings (SSSR count). The Morgan fingerprint density at radius 1 is 1.31 bits per heavy atom. The van der Waals surface area contributed by atoms with Crippen LogP contribution in [-0.4, -0.2) is 23.3 Å². The Labute approximate surface area is 93.6 Å². The number of likely N-dealkylation sites (N-methyl/N-ethyl adjacent to an activating group) is 1. The van der Waals surface area contributed by atoms with Crippen molar-refractivity contribution in [3.05, 3.63) is 51.2 Å². The number of nitrogens with two attached hydrogens (primary N) is 1. The predicted molar refractivity (Wildman–Crippen MR) is 59.1 cm³/mol. The van der Waals surface area contributed by atoms with Gasteiger partial charge in [-0.3, -0.25) is 0 Å². The second kappa shape index (κ2) is 7.61. The molecule has 0 heterocycles. The van der Waals surface area contributed by atoms with E-state index < -0.39 is 5.09 Å². The molecule has 0 saturated carbocycles. The maximum atomic E-state index is 9.76. The first kappa shape index (κ1) is 14.3. The molecule has 3 N–H and O–H groups in total. The summed E-state index contributed by atoms with van der Waals surface area (Å²) in [5, 5.41) is 26.5. The van der Waals surface area contributed by atoms with Gasteiger partial charge in [0.25, 0.3) is 0 Å². The largest absolute Gasteiger partial charge is 0.382 e. The topological polar surface area (TPSA) is 103 Å². The van der Waals surface area contributed by atoms with E-state index in [1.165, 1.54) is 0 Å². The summed E-state index contributed by atoms with van der Waals surface area (Å²) in [7, 11) is 1.97. The standard InChI is InChI=1S/C10H15NO.NO3/c1-8(11-2)10(12)9-6-4-3-5-7-9;2-1(3)4/h3-8,10-12H,1-2H3;/q;-1/p+1/t8-,10-;/m0./s1. The Morgan fingerprint density at radius 3 is 2.12 bits per heavy atom. The number of hydrogen-bond acceptors (Lipinski definition) is 4. The molecule has 0 spiro atoms. The van der Waals surface area contributed by atoms with E-state index in [4.69, 9.17) is 15.3 Å². The predicted octanol–water partition coefficient (Wildman–Crippen LogP) is 0.0626. The van der Waals surface area contributed by atoms with Crippen LogP contribution in [0.25, 0.3) is 0 Å². The van der Waals surface area contributed by atoms with Crippen molar-refractivity contribution in [2.75, 3.05) is 7.05 Å². The molecule has 1 aromatic carbocycles. The second-order valence-electron chi connectivity index (χ2n) is 3.27. The summed E-state index contributed by atoms with van der Waals surface area (Å²) in [5.74, 6) is 0. The van der Waals surface area contributed by atoms with Gasteiger partial charge in [-0.25, -0.2) is 0 Å². The van der Waals surface area contributed by atoms with Crippen LogP contribution in [0.4, 0.5) is 0 Å². The molecule has 6 heteroatoms. The molecule has 0 radical (unpaired) electrons. The lowest BCUT2D eigenvalue weighted by molar-refractivity contribution is -0.669. The lowest BCUT2D eigenvalue weighted by atomic mass is 10.0. The van der Waals surface area contributed by atoms with Crippen molar-refractivity contribution < 1.29 is 15.5 Å². The minimum absolute atomic E-state index is 0.215. The Hall–Kier alpha value is -1.66. The van der Waals surface area contributed by atoms with Gasteiger partial charge < -0.3 is 25.7 Å². The van der Waals surface area contributed by atoms with E-state index in [1.54, 1.807) is 0 Å². The van der Waals surface area contributed by atoms with Gasteiger partial charge in [-0.2, -0.15) is 0 Å². The molecule has 0 bridgehead atoms. The van der Waals surface area contributed by atoms with Crippen molar-refractivity contribution in [3.63, 3.8) is 0 Å². The van der Waals surface area contributed by atoms with Crippen LogP contribution in [0.15, 0.2) is 30.3 Å². The molecular formula is C10H16N2O4. The summed E-state index contributed by atoms with van der Waals surface area (Å²) >= 11 is 0. The Morgan fingerprint density at radius 2 is 1.75 bits per heavy atom. The van der Waals surface area contributed by atoms with E-state index in [2.05, 4.69) is 0 Å². The monoisotopic (exact) mass is 228 g/mol. The number of rotatable bonds is 3. The highest BCUT2D eigenvalue weighted by Crippen LogP contribution is 2.13. The number of hydrogen-bond donors (Lipinski definition) is 2. The van der Waals surface area contributed by atoms with Gasteiger partial charge in [0.1, 0.15) is 12.1 Å². The Bertz CT molecular complexity index is 301. The van der Waals surface area contributed by atoms with Crippen molar-refractivity contribution in [3.8, 4) is 0 Å². The fraction of sp³-hybridized carbons (Fsp3) is 0.400. The van der Waals surface area contributed by atoms with E-state index in [1.807, 2.05) is 49.6 Å². The van der Waals surface area contributed by atoms with Crippen molar-refractivity contribution in [1.82, 2.24) is 0 Å². The summed E-state index contributed by atoms with van der Waals surface area (Å²) in [5.41, 5.74) is 0.989. The quantitative estimate of drug-likeness (QED) is 0.564. The second-order valence-corrected chi connectivity index (χ2v) is 3.27. The number of nitrogens with zero attached hydrogens (tertiary/aromatic N) is 1. The maximum Gasteiger partial charge on any atom is 0.130 e. The zero-order valence-electron chi connectivity index (χ0n) is 9.24. The molecule has 1 aromatic rings. The zero-order chi connectivity index (χ0) is 12.6. The summed E-state index contributed by atoms with van der Waals surface area (Å²) in [4.78, 5) is 8.25. The van der Waals surface area contributed by atoms with Crippen molar-refractivity contribution in [2.45, 2.75) is 19.1 Å². The smallest absolute Gasteiger partial charge is 0.130 e. The summed E-state index contributed by atoms with van der Waals surface area (Å²) in [6.07, 6.45) is -0.365. The van der Waals surface area contributed by atoms with Gasteiger partial charge in [0, 0.05) is 0 Å². The van der Waals surface area contributed by atoms with Crippen molar-refractivity contribution >= 4 is 0 Å². The molecule has 0 aliphatic heterocycles. The van der Waals surface area contributed by atoms with Gasteiger partial charge in [-0.05, 0) is 12.5 Å². The normalized spacial score (nSPS) is 13.2. The van der Waals surface area contributed by atoms with Crippen LogP contribution in [0.5, 0.6) is 0 Å². The molecule has 0 saturated heterocycles. The third kappa shape index (κ3) is 5.94. The third-order valence-electron chi connectivity index (χ3n) is 2.16. The first-order chi connectivity index (χ1) is 7.49. The van der Waals surface area contributed by atoms with Crippen molar-refractivity contribution in [1.29, 1.82) is 0 Å². The van der Waals surface area contributed by atoms with Crippen LogP contribution < -0.4 is 5.32 Å². The maximum absolute atomic E-state index is 9.76. The van der Waals surface area contributed by atoms with Crippen molar-refractivity contribution in [2.24, 2.45) is 0 Å². The molecule has 0 amide bonds. The number of benzene rings is 1. The molecule has 2 atom stereocenters. The van der Waals surface area contributed by atoms with Gasteiger partial charge in [-0.1, -0.05) is 30.3 Å². The van der Waals surface area contributed by atoms with Crippen LogP contribution in [-0.2, 0) is 0 Å². The van der Waals surface area contributed by atoms with Crippen LogP contribution in [0.1, 0.15) is 18.6 Å². The number of aliphatic hydroxyl groups excluding tert-OH is 1. The SMILES string of the molecule is C[NH2+][C@@H](C)[C@H](O)c1ccccc1.O=[N+]([O-])[O-]. The van der Waals surface area contributed by atoms with E-state index in [0.29, 0.717) is 0 Å². The van der Waals surface area contributed by atoms with Gasteiger partial charge in [0.15, 0.2) is 0 Å². The molecule has 6 nitrogen and oxygen atoms in total. The number of aliphatic hydroxyl groups is 1. The molecule has 0 aliphatic carbocycles. The average molecular weight is 228 g/mol. The average Bonchev–Trinajstić information content (AvgIpc) is 2.27. The van der Waals surface area contributed by atoms with Crippen LogP contribution in [0.3, 0.4) is 0 Å². The molecule has 90 valence electrons. The van der Waals surface area contributed by atoms with Gasteiger partial charge in [0.2, 0.25) is 0 Å². The highest BCUT2D eigenvalue weighted by Gasteiger charge is 2.16. The molecule has 0 unspecified atom stereocenters. The number of quaternary nitrogens is 1. The van der Waals surface area contributed by atoms with Gasteiger partial charge >= 0.3 is 0 Å². The molecular weight excluding hydrogens is 212 g/mol. The fourth-order valence-corrected chi connectivity index (χ4v) is 1.14. The molecule has 0 fully saturated rings. The minimum Gasteiger partial charge on any atom is -0.382 e. The lowest BCUT2D eigenvalue weighted by Crippen LogP contribution is -2.86. The highest BCUT2D eigenvalue weighted by molar-refractivity contribution is 5.17. The Balaban J connectivity index is 0.000000487. The first-order valence-corrected chi connectivity index (χ1v) is 4.83. The van der Waals surface area contributed by atoms with Crippen LogP contribution >= 0.6 is 0 Å². The van der Waals surface area contributed by atoms with Crippen LogP contribution in [0.2, 0.25) is 0 Å². The fourth-order valence-electron chi connectivity index (χ4n) is 1.14. The summed E-state index contributed by atoms with van der Waals surface area (Å²) in [6, 6.07) is 9.96. The first-order valence-electron chi connectivity index (χ1n) is 4.83. The Kier molecular flexibility index (Phi) is 6.82. The van der Waals surface area contributed by atoms with E-state index in [0.717, 1.165) is 5.56 Å². The summed E-state index contributed by atoms with van der Waals surface area (Å²) < 4.78 is 0. The van der Waals surface area contributed by atoms with Gasteiger partial charge in [0.05, 0.1) is 12.1 Å². The third-order valence-corrected chi connectivity index (χ3v) is 2.16. The van der Waals surface area contributed by atoms with E-state index >= 15 is 0 Å². The molecule has 0 aromatic heterocycles. The minimum atomic E-state index is -1.75. The zero-order valence-corrected chi connectivity index (χ0v) is 9.24. The highest BCUT2D eigenvalue weighted by atomic mass is 16.9. The molecule has 0 aliphatic rings. The van der Waals surface area contributed by atoms with E-state index in [-0.39, 0.29) is 12.1 Å². The lowest BCUT2D eigenvalue weighted by Gasteiger charge is -2.15. The van der Waals surface area contributed by atoms with Gasteiger partial charge in [-0.15, -0.1) is 0 Å². The van der Waals surface area contributed by atoms with E-state index in [9.17, 15) is 5.11 Å². The molecule has 16 heavy (non-hydrogen) atoms.